The van der Waals surface area contributed by atoms with Crippen molar-refractivity contribution in [1.29, 1.82) is 0 Å². The van der Waals surface area contributed by atoms with E-state index in [-0.39, 0.29) is 17.7 Å². The molecule has 1 aliphatic heterocycles. The van der Waals surface area contributed by atoms with Crippen LogP contribution < -0.4 is 5.32 Å². The van der Waals surface area contributed by atoms with Gasteiger partial charge in [0.15, 0.2) is 5.13 Å². The molecule has 1 fully saturated rings. The molecular formula is C15H17N5O2S. The second-order valence-corrected chi connectivity index (χ2v) is 6.30. The zero-order valence-electron chi connectivity index (χ0n) is 12.7. The standard InChI is InChI=1S/C15H17N5O2S/c1-10(21)18-15-19-13(9-23-15)11-3-2-6-20(8-11)14(22)12-7-16-4-5-17-12/h4-5,7,9,11H,2-3,6,8H2,1H3,(H,18,19,21)/t11-/m0/s1. The van der Waals surface area contributed by atoms with Crippen LogP contribution in [0.2, 0.25) is 0 Å². The van der Waals surface area contributed by atoms with Gasteiger partial charge >= 0.3 is 0 Å². The summed E-state index contributed by atoms with van der Waals surface area (Å²) in [7, 11) is 0. The van der Waals surface area contributed by atoms with Crippen LogP contribution in [0, 0.1) is 0 Å². The summed E-state index contributed by atoms with van der Waals surface area (Å²) in [5.74, 6) is -0.0442. The van der Waals surface area contributed by atoms with Gasteiger partial charge in [-0.2, -0.15) is 0 Å². The maximum Gasteiger partial charge on any atom is 0.274 e. The largest absolute Gasteiger partial charge is 0.337 e. The second-order valence-electron chi connectivity index (χ2n) is 5.44. The first kappa shape index (κ1) is 15.5. The third kappa shape index (κ3) is 3.70. The summed E-state index contributed by atoms with van der Waals surface area (Å²) in [6, 6.07) is 0. The number of nitrogens with zero attached hydrogens (tertiary/aromatic N) is 4. The van der Waals surface area contributed by atoms with Crippen LogP contribution in [0.4, 0.5) is 5.13 Å². The third-order valence-electron chi connectivity index (χ3n) is 3.71. The molecular weight excluding hydrogens is 314 g/mol. The predicted octanol–water partition coefficient (Wildman–Crippen LogP) is 1.91. The van der Waals surface area contributed by atoms with Gasteiger partial charge in [0.1, 0.15) is 5.69 Å². The van der Waals surface area contributed by atoms with E-state index in [1.807, 2.05) is 5.38 Å². The van der Waals surface area contributed by atoms with Crippen LogP contribution in [-0.4, -0.2) is 44.8 Å². The minimum atomic E-state index is -0.131. The Morgan fingerprint density at radius 2 is 2.26 bits per heavy atom. The van der Waals surface area contributed by atoms with Crippen molar-refractivity contribution in [2.24, 2.45) is 0 Å². The number of nitrogens with one attached hydrogen (secondary N) is 1. The van der Waals surface area contributed by atoms with Gasteiger partial charge in [-0.25, -0.2) is 9.97 Å². The fourth-order valence-corrected chi connectivity index (χ4v) is 3.49. The number of piperidine rings is 1. The van der Waals surface area contributed by atoms with Gasteiger partial charge in [0.25, 0.3) is 5.91 Å². The second kappa shape index (κ2) is 6.82. The average Bonchev–Trinajstić information content (AvgIpc) is 3.03. The molecule has 3 heterocycles. The minimum absolute atomic E-state index is 0.0971. The monoisotopic (exact) mass is 331 g/mol. The van der Waals surface area contributed by atoms with E-state index in [0.29, 0.717) is 23.9 Å². The van der Waals surface area contributed by atoms with Crippen molar-refractivity contribution in [2.45, 2.75) is 25.7 Å². The van der Waals surface area contributed by atoms with Crippen LogP contribution in [0.15, 0.2) is 24.0 Å². The molecule has 7 nitrogen and oxygen atoms in total. The first-order valence-electron chi connectivity index (χ1n) is 7.42. The molecule has 2 aromatic heterocycles. The molecule has 0 saturated carbocycles. The first-order chi connectivity index (χ1) is 11.1. The Morgan fingerprint density at radius 3 is 3.00 bits per heavy atom. The van der Waals surface area contributed by atoms with Crippen molar-refractivity contribution in [3.05, 3.63) is 35.4 Å². The highest BCUT2D eigenvalue weighted by Crippen LogP contribution is 2.29. The lowest BCUT2D eigenvalue weighted by atomic mass is 9.95. The van der Waals surface area contributed by atoms with E-state index >= 15 is 0 Å². The first-order valence-corrected chi connectivity index (χ1v) is 8.30. The van der Waals surface area contributed by atoms with Crippen LogP contribution in [0.3, 0.4) is 0 Å². The van der Waals surface area contributed by atoms with E-state index in [0.717, 1.165) is 18.5 Å². The number of amides is 2. The maximum atomic E-state index is 12.5. The van der Waals surface area contributed by atoms with Crippen molar-refractivity contribution >= 4 is 28.3 Å². The number of carbonyl (C=O) groups is 2. The SMILES string of the molecule is CC(=O)Nc1nc([C@H]2CCCN(C(=O)c3cnccn3)C2)cs1. The summed E-state index contributed by atoms with van der Waals surface area (Å²) in [5.41, 5.74) is 1.29. The summed E-state index contributed by atoms with van der Waals surface area (Å²) in [4.78, 5) is 37.8. The van der Waals surface area contributed by atoms with E-state index in [4.69, 9.17) is 0 Å². The number of thiazole rings is 1. The highest BCUT2D eigenvalue weighted by atomic mass is 32.1. The van der Waals surface area contributed by atoms with Crippen LogP contribution >= 0.6 is 11.3 Å². The Balaban J connectivity index is 1.69. The maximum absolute atomic E-state index is 12.5. The van der Waals surface area contributed by atoms with Crippen LogP contribution in [0.25, 0.3) is 0 Å². The lowest BCUT2D eigenvalue weighted by Gasteiger charge is -2.31. The summed E-state index contributed by atoms with van der Waals surface area (Å²) in [5, 5.41) is 5.25. The van der Waals surface area contributed by atoms with Gasteiger partial charge in [0.2, 0.25) is 5.91 Å². The zero-order chi connectivity index (χ0) is 16.2. The number of anilines is 1. The Bertz CT molecular complexity index is 703. The van der Waals surface area contributed by atoms with Gasteiger partial charge in [0.05, 0.1) is 11.9 Å². The van der Waals surface area contributed by atoms with E-state index in [9.17, 15) is 9.59 Å². The molecule has 0 radical (unpaired) electrons. The Hall–Kier alpha value is -2.35. The lowest BCUT2D eigenvalue weighted by Crippen LogP contribution is -2.39. The fourth-order valence-electron chi connectivity index (χ4n) is 2.66. The predicted molar refractivity (Wildman–Crippen MR) is 86.3 cm³/mol. The van der Waals surface area contributed by atoms with Gasteiger partial charge in [-0.3, -0.25) is 14.6 Å². The normalized spacial score (nSPS) is 17.8. The Labute approximate surface area is 137 Å². The average molecular weight is 331 g/mol. The highest BCUT2D eigenvalue weighted by molar-refractivity contribution is 7.13. The number of likely N-dealkylation sites (tertiary alicyclic amines) is 1. The molecule has 0 spiro atoms. The van der Waals surface area contributed by atoms with Crippen molar-refractivity contribution in [3.8, 4) is 0 Å². The molecule has 0 unspecified atom stereocenters. The number of aromatic nitrogens is 3. The molecule has 23 heavy (non-hydrogen) atoms. The molecule has 0 bridgehead atoms. The quantitative estimate of drug-likeness (QED) is 0.928. The molecule has 3 rings (SSSR count). The summed E-state index contributed by atoms with van der Waals surface area (Å²) in [6.45, 7) is 2.79. The highest BCUT2D eigenvalue weighted by Gasteiger charge is 2.27. The molecule has 1 saturated heterocycles. The molecule has 2 amide bonds. The molecule has 0 aliphatic carbocycles. The van der Waals surface area contributed by atoms with E-state index in [1.54, 1.807) is 11.1 Å². The van der Waals surface area contributed by atoms with E-state index in [1.165, 1.54) is 30.7 Å². The van der Waals surface area contributed by atoms with Gasteiger partial charge < -0.3 is 10.2 Å². The molecule has 1 aliphatic rings. The van der Waals surface area contributed by atoms with Gasteiger partial charge in [0, 0.05) is 43.7 Å². The smallest absolute Gasteiger partial charge is 0.274 e. The summed E-state index contributed by atoms with van der Waals surface area (Å²) < 4.78 is 0. The van der Waals surface area contributed by atoms with Crippen LogP contribution in [0.1, 0.15) is 41.9 Å². The zero-order valence-corrected chi connectivity index (χ0v) is 13.5. The van der Waals surface area contributed by atoms with Crippen molar-refractivity contribution < 1.29 is 9.59 Å². The molecule has 1 N–H and O–H groups in total. The minimum Gasteiger partial charge on any atom is -0.337 e. The van der Waals surface area contributed by atoms with E-state index in [2.05, 4.69) is 20.3 Å². The third-order valence-corrected chi connectivity index (χ3v) is 4.49. The number of hydrogen-bond donors (Lipinski definition) is 1. The molecule has 2 aromatic rings. The van der Waals surface area contributed by atoms with E-state index < -0.39 is 0 Å². The fraction of sp³-hybridized carbons (Fsp3) is 0.400. The van der Waals surface area contributed by atoms with Crippen molar-refractivity contribution in [2.75, 3.05) is 18.4 Å². The van der Waals surface area contributed by atoms with Gasteiger partial charge in [-0.15, -0.1) is 11.3 Å². The van der Waals surface area contributed by atoms with Gasteiger partial charge in [-0.1, -0.05) is 0 Å². The number of carbonyl (C=O) groups excluding carboxylic acids is 2. The summed E-state index contributed by atoms with van der Waals surface area (Å²) >= 11 is 1.41. The molecule has 120 valence electrons. The van der Waals surface area contributed by atoms with Crippen LogP contribution in [0.5, 0.6) is 0 Å². The van der Waals surface area contributed by atoms with Crippen molar-refractivity contribution in [1.82, 2.24) is 19.9 Å². The number of rotatable bonds is 3. The Kier molecular flexibility index (Phi) is 4.61. The molecule has 8 heteroatoms. The van der Waals surface area contributed by atoms with Crippen LogP contribution in [-0.2, 0) is 4.79 Å². The molecule has 0 aromatic carbocycles. The lowest BCUT2D eigenvalue weighted by molar-refractivity contribution is -0.114. The van der Waals surface area contributed by atoms with Gasteiger partial charge in [-0.05, 0) is 12.8 Å². The Morgan fingerprint density at radius 1 is 1.39 bits per heavy atom. The summed E-state index contributed by atoms with van der Waals surface area (Å²) in [6.07, 6.45) is 6.46. The molecule has 1 atom stereocenters. The van der Waals surface area contributed by atoms with Crippen molar-refractivity contribution in [3.63, 3.8) is 0 Å². The number of hydrogen-bond acceptors (Lipinski definition) is 6. The topological polar surface area (TPSA) is 88.1 Å².